The normalized spacial score (nSPS) is 23.2. The maximum atomic E-state index is 13.4. The molecule has 0 saturated carbocycles. The Kier molecular flexibility index (Phi) is 4.32. The number of carbonyl (C=O) groups excluding carboxylic acids is 2. The predicted molar refractivity (Wildman–Crippen MR) is 95.4 cm³/mol. The summed E-state index contributed by atoms with van der Waals surface area (Å²) < 4.78 is 0. The van der Waals surface area contributed by atoms with Gasteiger partial charge < -0.3 is 14.9 Å². The topological polar surface area (TPSA) is 86.6 Å². The zero-order chi connectivity index (χ0) is 18.1. The lowest BCUT2D eigenvalue weighted by molar-refractivity contribution is -0.146. The minimum Gasteiger partial charge on any atom is -0.395 e. The van der Waals surface area contributed by atoms with Crippen LogP contribution in [0.5, 0.6) is 0 Å². The van der Waals surface area contributed by atoms with Gasteiger partial charge in [0, 0.05) is 32.0 Å². The molecule has 0 bridgehead atoms. The van der Waals surface area contributed by atoms with Crippen molar-refractivity contribution in [3.8, 4) is 0 Å². The molecule has 7 nitrogen and oxygen atoms in total. The van der Waals surface area contributed by atoms with Crippen LogP contribution < -0.4 is 0 Å². The van der Waals surface area contributed by atoms with Gasteiger partial charge in [-0.2, -0.15) is 0 Å². The second kappa shape index (κ2) is 6.64. The summed E-state index contributed by atoms with van der Waals surface area (Å²) in [5.74, 6) is -0.192. The number of fused-ring (bicyclic) bond motifs is 1. The summed E-state index contributed by atoms with van der Waals surface area (Å²) in [6.07, 6.45) is 6.18. The Labute approximate surface area is 151 Å². The van der Waals surface area contributed by atoms with Gasteiger partial charge in [-0.25, -0.2) is 0 Å². The molecular weight excluding hydrogens is 332 g/mol. The van der Waals surface area contributed by atoms with E-state index in [-0.39, 0.29) is 18.4 Å². The zero-order valence-corrected chi connectivity index (χ0v) is 14.6. The van der Waals surface area contributed by atoms with Crippen LogP contribution >= 0.6 is 0 Å². The van der Waals surface area contributed by atoms with Crippen molar-refractivity contribution in [1.29, 1.82) is 0 Å². The van der Waals surface area contributed by atoms with Gasteiger partial charge in [0.05, 0.1) is 17.7 Å². The molecule has 1 atom stereocenters. The van der Waals surface area contributed by atoms with Crippen LogP contribution in [0.1, 0.15) is 36.0 Å². The van der Waals surface area contributed by atoms with Crippen molar-refractivity contribution in [3.63, 3.8) is 0 Å². The van der Waals surface area contributed by atoms with E-state index < -0.39 is 5.54 Å². The molecule has 1 unspecified atom stereocenters. The van der Waals surface area contributed by atoms with Gasteiger partial charge in [-0.05, 0) is 37.8 Å². The molecule has 2 aliphatic rings. The number of hydrogen-bond acceptors (Lipinski definition) is 5. The van der Waals surface area contributed by atoms with E-state index in [1.165, 1.54) is 0 Å². The lowest BCUT2D eigenvalue weighted by Crippen LogP contribution is -2.61. The molecule has 1 spiro atoms. The highest BCUT2D eigenvalue weighted by Gasteiger charge is 2.52. The molecule has 2 aromatic rings. The molecule has 4 rings (SSSR count). The SMILES string of the molecule is O=C(c1cccc2nccnc12)N1CCCC12CCCN(CCO)C2=O. The van der Waals surface area contributed by atoms with Crippen LogP contribution in [0.25, 0.3) is 11.0 Å². The van der Waals surface area contributed by atoms with Crippen molar-refractivity contribution in [2.45, 2.75) is 31.2 Å². The maximum Gasteiger partial charge on any atom is 0.257 e. The number of para-hydroxylation sites is 1. The number of piperidine rings is 1. The summed E-state index contributed by atoms with van der Waals surface area (Å²) in [6, 6.07) is 5.38. The maximum absolute atomic E-state index is 13.4. The van der Waals surface area contributed by atoms with Gasteiger partial charge in [0.2, 0.25) is 5.91 Å². The Hall–Kier alpha value is -2.54. The number of nitrogens with zero attached hydrogens (tertiary/aromatic N) is 4. The molecule has 0 radical (unpaired) electrons. The highest BCUT2D eigenvalue weighted by Crippen LogP contribution is 2.39. The molecular formula is C19H22N4O3. The third kappa shape index (κ3) is 2.54. The van der Waals surface area contributed by atoms with Crippen molar-refractivity contribution in [2.24, 2.45) is 0 Å². The summed E-state index contributed by atoms with van der Waals surface area (Å²) in [5.41, 5.74) is 0.944. The number of carbonyl (C=O) groups is 2. The van der Waals surface area contributed by atoms with E-state index in [9.17, 15) is 14.7 Å². The Morgan fingerprint density at radius 2 is 1.92 bits per heavy atom. The molecule has 1 aromatic carbocycles. The molecule has 2 saturated heterocycles. The Morgan fingerprint density at radius 3 is 2.73 bits per heavy atom. The number of rotatable bonds is 3. The average molecular weight is 354 g/mol. The van der Waals surface area contributed by atoms with Crippen LogP contribution in [0.3, 0.4) is 0 Å². The van der Waals surface area contributed by atoms with Gasteiger partial charge in [0.15, 0.2) is 0 Å². The van der Waals surface area contributed by atoms with Crippen LogP contribution in [0, 0.1) is 0 Å². The van der Waals surface area contributed by atoms with Gasteiger partial charge >= 0.3 is 0 Å². The smallest absolute Gasteiger partial charge is 0.257 e. The van der Waals surface area contributed by atoms with Gasteiger partial charge in [-0.1, -0.05) is 6.07 Å². The van der Waals surface area contributed by atoms with Gasteiger partial charge in [-0.3, -0.25) is 19.6 Å². The van der Waals surface area contributed by atoms with Crippen molar-refractivity contribution in [2.75, 3.05) is 26.2 Å². The average Bonchev–Trinajstić information content (AvgIpc) is 3.09. The number of likely N-dealkylation sites (tertiary alicyclic amines) is 2. The van der Waals surface area contributed by atoms with Gasteiger partial charge in [0.25, 0.3) is 5.91 Å². The van der Waals surface area contributed by atoms with E-state index in [1.54, 1.807) is 34.3 Å². The molecule has 7 heteroatoms. The van der Waals surface area contributed by atoms with E-state index in [1.807, 2.05) is 6.07 Å². The number of amides is 2. The van der Waals surface area contributed by atoms with E-state index in [2.05, 4.69) is 9.97 Å². The quantitative estimate of drug-likeness (QED) is 0.896. The van der Waals surface area contributed by atoms with E-state index in [0.717, 1.165) is 12.8 Å². The second-order valence-electron chi connectivity index (χ2n) is 6.94. The third-order valence-electron chi connectivity index (χ3n) is 5.54. The molecule has 3 heterocycles. The van der Waals surface area contributed by atoms with Crippen LogP contribution in [-0.2, 0) is 4.79 Å². The van der Waals surface area contributed by atoms with Gasteiger partial charge in [-0.15, -0.1) is 0 Å². The van der Waals surface area contributed by atoms with Crippen molar-refractivity contribution in [3.05, 3.63) is 36.2 Å². The highest BCUT2D eigenvalue weighted by atomic mass is 16.3. The summed E-state index contributed by atoms with van der Waals surface area (Å²) in [5, 5.41) is 9.25. The molecule has 136 valence electrons. The lowest BCUT2D eigenvalue weighted by Gasteiger charge is -2.44. The molecule has 2 fully saturated rings. The number of aliphatic hydroxyl groups excluding tert-OH is 1. The highest BCUT2D eigenvalue weighted by molar-refractivity contribution is 6.07. The summed E-state index contributed by atoms with van der Waals surface area (Å²) in [7, 11) is 0. The monoisotopic (exact) mass is 354 g/mol. The third-order valence-corrected chi connectivity index (χ3v) is 5.54. The second-order valence-corrected chi connectivity index (χ2v) is 6.94. The molecule has 2 aliphatic heterocycles. The number of aromatic nitrogens is 2. The van der Waals surface area contributed by atoms with Crippen LogP contribution in [0.4, 0.5) is 0 Å². The van der Waals surface area contributed by atoms with Crippen molar-refractivity contribution < 1.29 is 14.7 Å². The fraction of sp³-hybridized carbons (Fsp3) is 0.474. The Bertz CT molecular complexity index is 848. The Morgan fingerprint density at radius 1 is 1.15 bits per heavy atom. The first-order valence-electron chi connectivity index (χ1n) is 9.09. The van der Waals surface area contributed by atoms with Gasteiger partial charge in [0.1, 0.15) is 11.1 Å². The molecule has 0 aliphatic carbocycles. The van der Waals surface area contributed by atoms with E-state index in [4.69, 9.17) is 0 Å². The zero-order valence-electron chi connectivity index (χ0n) is 14.6. The summed E-state index contributed by atoms with van der Waals surface area (Å²) >= 11 is 0. The first-order chi connectivity index (χ1) is 12.7. The predicted octanol–water partition coefficient (Wildman–Crippen LogP) is 1.22. The fourth-order valence-electron chi connectivity index (χ4n) is 4.37. The van der Waals surface area contributed by atoms with E-state index in [0.29, 0.717) is 49.1 Å². The minimum atomic E-state index is -0.783. The first kappa shape index (κ1) is 16.9. The number of benzene rings is 1. The minimum absolute atomic E-state index is 0.0324. The van der Waals surface area contributed by atoms with Crippen molar-refractivity contribution >= 4 is 22.8 Å². The standard InChI is InChI=1S/C19H22N4O3/c24-13-12-22-10-2-6-19(18(22)26)7-3-11-23(19)17(25)14-4-1-5-15-16(14)21-9-8-20-15/h1,4-5,8-9,24H,2-3,6-7,10-13H2. The largest absolute Gasteiger partial charge is 0.395 e. The van der Waals surface area contributed by atoms with Crippen LogP contribution in [0.15, 0.2) is 30.6 Å². The molecule has 2 amide bonds. The van der Waals surface area contributed by atoms with Crippen LogP contribution in [-0.4, -0.2) is 68.5 Å². The first-order valence-corrected chi connectivity index (χ1v) is 9.09. The Balaban J connectivity index is 1.72. The molecule has 1 N–H and O–H groups in total. The molecule has 1 aromatic heterocycles. The van der Waals surface area contributed by atoms with Crippen LogP contribution in [0.2, 0.25) is 0 Å². The fourth-order valence-corrected chi connectivity index (χ4v) is 4.37. The van der Waals surface area contributed by atoms with Crippen molar-refractivity contribution in [1.82, 2.24) is 19.8 Å². The lowest BCUT2D eigenvalue weighted by atomic mass is 9.85. The number of aliphatic hydroxyl groups is 1. The molecule has 26 heavy (non-hydrogen) atoms. The summed E-state index contributed by atoms with van der Waals surface area (Å²) in [6.45, 7) is 1.47. The van der Waals surface area contributed by atoms with E-state index >= 15 is 0 Å². The number of hydrogen-bond donors (Lipinski definition) is 1. The number of β-amino-alcohol motifs (C(OH)–C–C–N with tert-alkyl or cyclic N) is 1. The summed E-state index contributed by atoms with van der Waals surface area (Å²) in [4.78, 5) is 38.6.